The van der Waals surface area contributed by atoms with E-state index in [9.17, 15) is 19.7 Å². The lowest BCUT2D eigenvalue weighted by Gasteiger charge is -2.20. The third-order valence-electron chi connectivity index (χ3n) is 3.84. The summed E-state index contributed by atoms with van der Waals surface area (Å²) in [6.45, 7) is 2.10. The van der Waals surface area contributed by atoms with Crippen LogP contribution >= 0.6 is 23.2 Å². The first-order valence-electron chi connectivity index (χ1n) is 8.76. The molecule has 0 fully saturated rings. The van der Waals surface area contributed by atoms with Crippen LogP contribution in [0.5, 0.6) is 0 Å². The van der Waals surface area contributed by atoms with Crippen LogP contribution in [-0.4, -0.2) is 34.7 Å². The number of halogens is 2. The molecule has 2 rings (SSSR count). The average Bonchev–Trinajstić information content (AvgIpc) is 2.68. The molecule has 0 radical (unpaired) electrons. The van der Waals surface area contributed by atoms with Crippen molar-refractivity contribution in [1.29, 1.82) is 0 Å². The number of non-ortho nitro benzene ring substituents is 1. The second-order valence-electron chi connectivity index (χ2n) is 6.12. The topological polar surface area (TPSA) is 92.6 Å². The van der Waals surface area contributed by atoms with Crippen LogP contribution in [0, 0.1) is 10.1 Å². The summed E-state index contributed by atoms with van der Waals surface area (Å²) in [6.07, 6.45) is 3.43. The molecule has 0 aliphatic heterocycles. The standard InChI is InChI=1S/C20H19Cl2N3O4/c1-2-10-24(13-19(26)23-18-8-7-15(21)12-17(18)22)20(27)9-6-14-4-3-5-16(11-14)25(28)29/h3-9,11-12H,2,10,13H2,1H3,(H,23,26)/b9-6+. The largest absolute Gasteiger partial charge is 0.330 e. The van der Waals surface area contributed by atoms with Gasteiger partial charge >= 0.3 is 0 Å². The van der Waals surface area contributed by atoms with Crippen LogP contribution < -0.4 is 5.32 Å². The second-order valence-corrected chi connectivity index (χ2v) is 6.96. The van der Waals surface area contributed by atoms with Crippen molar-refractivity contribution in [1.82, 2.24) is 4.90 Å². The summed E-state index contributed by atoms with van der Waals surface area (Å²) in [5.41, 5.74) is 0.850. The van der Waals surface area contributed by atoms with Gasteiger partial charge < -0.3 is 10.2 Å². The third-order valence-corrected chi connectivity index (χ3v) is 4.39. The number of benzene rings is 2. The zero-order valence-corrected chi connectivity index (χ0v) is 17.1. The normalized spacial score (nSPS) is 10.7. The molecule has 0 heterocycles. The fourth-order valence-corrected chi connectivity index (χ4v) is 2.96. The summed E-state index contributed by atoms with van der Waals surface area (Å²) in [6, 6.07) is 10.6. The molecular weight excluding hydrogens is 417 g/mol. The number of carbonyl (C=O) groups excluding carboxylic acids is 2. The van der Waals surface area contributed by atoms with Crippen LogP contribution in [0.3, 0.4) is 0 Å². The highest BCUT2D eigenvalue weighted by Crippen LogP contribution is 2.25. The van der Waals surface area contributed by atoms with E-state index in [1.807, 2.05) is 6.92 Å². The van der Waals surface area contributed by atoms with E-state index in [-0.39, 0.29) is 18.1 Å². The predicted octanol–water partition coefficient (Wildman–Crippen LogP) is 4.79. The summed E-state index contributed by atoms with van der Waals surface area (Å²) in [5.74, 6) is -0.782. The predicted molar refractivity (Wildman–Crippen MR) is 114 cm³/mol. The molecule has 2 amide bonds. The van der Waals surface area contributed by atoms with Crippen molar-refractivity contribution < 1.29 is 14.5 Å². The number of amides is 2. The highest BCUT2D eigenvalue weighted by molar-refractivity contribution is 6.36. The number of nitrogens with one attached hydrogen (secondary N) is 1. The SMILES string of the molecule is CCCN(CC(=O)Nc1ccc(Cl)cc1Cl)C(=O)/C=C/c1cccc([N+](=O)[O-])c1. The third kappa shape index (κ3) is 6.89. The van der Waals surface area contributed by atoms with Crippen molar-refractivity contribution in [2.24, 2.45) is 0 Å². The lowest BCUT2D eigenvalue weighted by Crippen LogP contribution is -2.37. The maximum Gasteiger partial charge on any atom is 0.270 e. The van der Waals surface area contributed by atoms with E-state index < -0.39 is 10.8 Å². The van der Waals surface area contributed by atoms with Gasteiger partial charge in [0.2, 0.25) is 11.8 Å². The first-order chi connectivity index (χ1) is 13.8. The van der Waals surface area contributed by atoms with Crippen LogP contribution in [0.4, 0.5) is 11.4 Å². The van der Waals surface area contributed by atoms with Crippen LogP contribution in [0.25, 0.3) is 6.08 Å². The molecule has 152 valence electrons. The fraction of sp³-hybridized carbons (Fsp3) is 0.200. The lowest BCUT2D eigenvalue weighted by molar-refractivity contribution is -0.384. The summed E-state index contributed by atoms with van der Waals surface area (Å²) >= 11 is 11.9. The molecule has 2 aromatic rings. The Morgan fingerprint density at radius 3 is 2.62 bits per heavy atom. The van der Waals surface area contributed by atoms with E-state index in [0.29, 0.717) is 34.3 Å². The van der Waals surface area contributed by atoms with Crippen molar-refractivity contribution in [3.63, 3.8) is 0 Å². The van der Waals surface area contributed by atoms with Gasteiger partial charge in [0.15, 0.2) is 0 Å². The van der Waals surface area contributed by atoms with E-state index in [1.54, 1.807) is 18.2 Å². The van der Waals surface area contributed by atoms with Crippen molar-refractivity contribution in [2.75, 3.05) is 18.4 Å². The molecule has 1 N–H and O–H groups in total. The van der Waals surface area contributed by atoms with Gasteiger partial charge in [-0.25, -0.2) is 0 Å². The number of rotatable bonds is 8. The molecule has 2 aromatic carbocycles. The summed E-state index contributed by atoms with van der Waals surface area (Å²) < 4.78 is 0. The van der Waals surface area contributed by atoms with Gasteiger partial charge in [-0.3, -0.25) is 19.7 Å². The van der Waals surface area contributed by atoms with Gasteiger partial charge in [-0.15, -0.1) is 0 Å². The van der Waals surface area contributed by atoms with E-state index in [1.165, 1.54) is 41.3 Å². The van der Waals surface area contributed by atoms with E-state index in [4.69, 9.17) is 23.2 Å². The molecule has 0 atom stereocenters. The Balaban J connectivity index is 2.05. The molecule has 0 aromatic heterocycles. The first-order valence-corrected chi connectivity index (χ1v) is 9.52. The fourth-order valence-electron chi connectivity index (χ4n) is 2.51. The molecule has 0 saturated heterocycles. The molecular formula is C20H19Cl2N3O4. The molecule has 0 aliphatic carbocycles. The Bertz CT molecular complexity index is 947. The molecule has 0 spiro atoms. The zero-order chi connectivity index (χ0) is 21.4. The maximum absolute atomic E-state index is 12.5. The highest BCUT2D eigenvalue weighted by atomic mass is 35.5. The minimum Gasteiger partial charge on any atom is -0.330 e. The van der Waals surface area contributed by atoms with Crippen molar-refractivity contribution in [3.8, 4) is 0 Å². The number of carbonyl (C=O) groups is 2. The minimum absolute atomic E-state index is 0.0655. The Morgan fingerprint density at radius 1 is 1.21 bits per heavy atom. The van der Waals surface area contributed by atoms with Crippen molar-refractivity contribution in [2.45, 2.75) is 13.3 Å². The Kier molecular flexibility index (Phi) is 8.18. The van der Waals surface area contributed by atoms with Crippen LogP contribution in [0.15, 0.2) is 48.5 Å². The summed E-state index contributed by atoms with van der Waals surface area (Å²) in [7, 11) is 0. The molecule has 0 bridgehead atoms. The number of hydrogen-bond acceptors (Lipinski definition) is 4. The molecule has 9 heteroatoms. The molecule has 0 saturated carbocycles. The summed E-state index contributed by atoms with van der Waals surface area (Å²) in [5, 5.41) is 14.2. The van der Waals surface area contributed by atoms with Gasteiger partial charge in [0.25, 0.3) is 5.69 Å². The number of anilines is 1. The van der Waals surface area contributed by atoms with Gasteiger partial charge in [0, 0.05) is 29.8 Å². The summed E-state index contributed by atoms with van der Waals surface area (Å²) in [4.78, 5) is 36.6. The van der Waals surface area contributed by atoms with Crippen LogP contribution in [-0.2, 0) is 9.59 Å². The minimum atomic E-state index is -0.505. The number of nitro benzene ring substituents is 1. The second kappa shape index (κ2) is 10.6. The highest BCUT2D eigenvalue weighted by Gasteiger charge is 2.15. The maximum atomic E-state index is 12.5. The van der Waals surface area contributed by atoms with Crippen LogP contribution in [0.1, 0.15) is 18.9 Å². The quantitative estimate of drug-likeness (QED) is 0.366. The average molecular weight is 436 g/mol. The smallest absolute Gasteiger partial charge is 0.270 e. The monoisotopic (exact) mass is 435 g/mol. The molecule has 29 heavy (non-hydrogen) atoms. The number of hydrogen-bond donors (Lipinski definition) is 1. The van der Waals surface area contributed by atoms with Gasteiger partial charge in [0.1, 0.15) is 6.54 Å². The van der Waals surface area contributed by atoms with Gasteiger partial charge in [0.05, 0.1) is 15.6 Å². The van der Waals surface area contributed by atoms with Crippen molar-refractivity contribution >= 4 is 52.5 Å². The Hall–Kier alpha value is -2.90. The number of nitro groups is 1. The van der Waals surface area contributed by atoms with Crippen molar-refractivity contribution in [3.05, 3.63) is 74.3 Å². The first kappa shape index (κ1) is 22.4. The van der Waals surface area contributed by atoms with E-state index >= 15 is 0 Å². The van der Waals surface area contributed by atoms with E-state index in [0.717, 1.165) is 0 Å². The molecule has 0 unspecified atom stereocenters. The Labute approximate surface area is 178 Å². The zero-order valence-electron chi connectivity index (χ0n) is 15.6. The van der Waals surface area contributed by atoms with Gasteiger partial charge in [-0.1, -0.05) is 42.3 Å². The molecule has 7 nitrogen and oxygen atoms in total. The van der Waals surface area contributed by atoms with Crippen LogP contribution in [0.2, 0.25) is 10.0 Å². The van der Waals surface area contributed by atoms with Gasteiger partial charge in [-0.05, 0) is 36.3 Å². The Morgan fingerprint density at radius 2 is 1.97 bits per heavy atom. The lowest BCUT2D eigenvalue weighted by atomic mass is 10.2. The number of nitrogens with zero attached hydrogens (tertiary/aromatic N) is 2. The molecule has 0 aliphatic rings. The van der Waals surface area contributed by atoms with Gasteiger partial charge in [-0.2, -0.15) is 0 Å². The van der Waals surface area contributed by atoms with E-state index in [2.05, 4.69) is 5.32 Å².